The fourth-order valence-corrected chi connectivity index (χ4v) is 2.69. The summed E-state index contributed by atoms with van der Waals surface area (Å²) in [5.41, 5.74) is 8.47. The lowest BCUT2D eigenvalue weighted by Gasteiger charge is -2.03. The van der Waals surface area contributed by atoms with Crippen molar-refractivity contribution in [1.29, 1.82) is 0 Å². The van der Waals surface area contributed by atoms with Crippen LogP contribution in [0, 0.1) is 0 Å². The minimum absolute atomic E-state index is 0.514. The first-order valence-electron chi connectivity index (χ1n) is 7.45. The summed E-state index contributed by atoms with van der Waals surface area (Å²) in [6, 6.07) is 22.0. The van der Waals surface area contributed by atoms with Crippen LogP contribution in [0.2, 0.25) is 0 Å². The van der Waals surface area contributed by atoms with Gasteiger partial charge >= 0.3 is 0 Å². The van der Waals surface area contributed by atoms with Crippen LogP contribution in [0.5, 0.6) is 0 Å². The summed E-state index contributed by atoms with van der Waals surface area (Å²) in [4.78, 5) is 4.49. The monoisotopic (exact) mass is 301 g/mol. The third kappa shape index (κ3) is 2.66. The average molecular weight is 301 g/mol. The highest BCUT2D eigenvalue weighted by atomic mass is 16.5. The second-order valence-electron chi connectivity index (χ2n) is 5.45. The molecule has 23 heavy (non-hydrogen) atoms. The molecule has 4 nitrogen and oxygen atoms in total. The van der Waals surface area contributed by atoms with Crippen molar-refractivity contribution in [2.75, 3.05) is 5.73 Å². The highest BCUT2D eigenvalue weighted by molar-refractivity contribution is 5.85. The second-order valence-corrected chi connectivity index (χ2v) is 5.45. The number of nitrogens with zero attached hydrogens (tertiary/aromatic N) is 2. The number of hydrogen-bond donors (Lipinski definition) is 1. The topological polar surface area (TPSA) is 64.9 Å². The van der Waals surface area contributed by atoms with Gasteiger partial charge in [-0.15, -0.1) is 0 Å². The zero-order valence-electron chi connectivity index (χ0n) is 12.4. The Hall–Kier alpha value is -3.14. The Bertz CT molecular complexity index is 952. The molecule has 2 N–H and O–H groups in total. The lowest BCUT2D eigenvalue weighted by atomic mass is 10.0. The van der Waals surface area contributed by atoms with E-state index < -0.39 is 0 Å². The van der Waals surface area contributed by atoms with Crippen molar-refractivity contribution >= 4 is 16.5 Å². The predicted molar refractivity (Wildman–Crippen MR) is 90.9 cm³/mol. The summed E-state index contributed by atoms with van der Waals surface area (Å²) in [5.74, 6) is 1.19. The highest BCUT2D eigenvalue weighted by Crippen LogP contribution is 2.22. The van der Waals surface area contributed by atoms with Gasteiger partial charge in [0.05, 0.1) is 0 Å². The molecule has 0 atom stereocenters. The summed E-state index contributed by atoms with van der Waals surface area (Å²) in [5, 5.41) is 6.53. The maximum atomic E-state index is 5.70. The van der Waals surface area contributed by atoms with Crippen LogP contribution in [0.3, 0.4) is 0 Å². The Morgan fingerprint density at radius 1 is 0.870 bits per heavy atom. The molecule has 0 spiro atoms. The van der Waals surface area contributed by atoms with Crippen LogP contribution < -0.4 is 5.73 Å². The smallest absolute Gasteiger partial charge is 0.257 e. The zero-order chi connectivity index (χ0) is 15.6. The third-order valence-corrected chi connectivity index (χ3v) is 3.85. The lowest BCUT2D eigenvalue weighted by molar-refractivity contribution is 0.424. The van der Waals surface area contributed by atoms with Crippen molar-refractivity contribution in [2.45, 2.75) is 6.42 Å². The van der Waals surface area contributed by atoms with Gasteiger partial charge in [0, 0.05) is 17.7 Å². The maximum absolute atomic E-state index is 5.70. The van der Waals surface area contributed by atoms with Crippen LogP contribution in [0.25, 0.3) is 22.2 Å². The van der Waals surface area contributed by atoms with Crippen LogP contribution in [-0.2, 0) is 6.42 Å². The molecule has 3 aromatic carbocycles. The van der Waals surface area contributed by atoms with Gasteiger partial charge in [0.2, 0.25) is 0 Å². The van der Waals surface area contributed by atoms with Crippen LogP contribution in [0.15, 0.2) is 71.3 Å². The molecule has 0 fully saturated rings. The van der Waals surface area contributed by atoms with Gasteiger partial charge < -0.3 is 10.3 Å². The molecular weight excluding hydrogens is 286 g/mol. The predicted octanol–water partition coefficient (Wildman–Crippen LogP) is 4.06. The van der Waals surface area contributed by atoms with Gasteiger partial charge in [0.1, 0.15) is 0 Å². The van der Waals surface area contributed by atoms with E-state index in [-0.39, 0.29) is 0 Å². The Labute approximate surface area is 133 Å². The lowest BCUT2D eigenvalue weighted by Crippen LogP contribution is -1.92. The molecule has 4 rings (SSSR count). The van der Waals surface area contributed by atoms with E-state index >= 15 is 0 Å². The summed E-state index contributed by atoms with van der Waals surface area (Å²) in [6.07, 6.45) is 0.639. The number of anilines is 1. The molecule has 0 radical (unpaired) electrons. The molecule has 0 amide bonds. The number of fused-ring (bicyclic) bond motifs is 1. The SMILES string of the molecule is Nc1ccc(-c2nc(Cc3cccc4ccccc34)no2)cc1. The van der Waals surface area contributed by atoms with Crippen molar-refractivity contribution in [3.63, 3.8) is 0 Å². The van der Waals surface area contributed by atoms with E-state index in [2.05, 4.69) is 40.5 Å². The number of nitrogens with two attached hydrogens (primary N) is 1. The number of nitrogen functional groups attached to an aromatic ring is 1. The van der Waals surface area contributed by atoms with Gasteiger partial charge in [-0.1, -0.05) is 47.6 Å². The Morgan fingerprint density at radius 2 is 1.65 bits per heavy atom. The van der Waals surface area contributed by atoms with E-state index in [4.69, 9.17) is 10.3 Å². The fourth-order valence-electron chi connectivity index (χ4n) is 2.69. The quantitative estimate of drug-likeness (QED) is 0.579. The molecule has 1 heterocycles. The molecule has 4 aromatic rings. The summed E-state index contributed by atoms with van der Waals surface area (Å²) < 4.78 is 5.37. The maximum Gasteiger partial charge on any atom is 0.257 e. The Morgan fingerprint density at radius 3 is 2.52 bits per heavy atom. The van der Waals surface area contributed by atoms with Gasteiger partial charge in [-0.3, -0.25) is 0 Å². The molecule has 0 unspecified atom stereocenters. The van der Waals surface area contributed by atoms with Gasteiger partial charge in [0.25, 0.3) is 5.89 Å². The van der Waals surface area contributed by atoms with Gasteiger partial charge in [0.15, 0.2) is 5.82 Å². The van der Waals surface area contributed by atoms with E-state index in [9.17, 15) is 0 Å². The van der Waals surface area contributed by atoms with E-state index in [1.807, 2.05) is 36.4 Å². The molecular formula is C19H15N3O. The molecule has 0 bridgehead atoms. The molecule has 112 valence electrons. The van der Waals surface area contributed by atoms with Crippen LogP contribution in [0.1, 0.15) is 11.4 Å². The second kappa shape index (κ2) is 5.57. The van der Waals surface area contributed by atoms with Crippen LogP contribution in [0.4, 0.5) is 5.69 Å². The number of hydrogen-bond acceptors (Lipinski definition) is 4. The van der Waals surface area contributed by atoms with Gasteiger partial charge in [-0.05, 0) is 40.6 Å². The molecule has 0 saturated heterocycles. The highest BCUT2D eigenvalue weighted by Gasteiger charge is 2.10. The van der Waals surface area contributed by atoms with Crippen LogP contribution in [-0.4, -0.2) is 10.1 Å². The fraction of sp³-hybridized carbons (Fsp3) is 0.0526. The van der Waals surface area contributed by atoms with Crippen molar-refractivity contribution in [3.8, 4) is 11.5 Å². The minimum atomic E-state index is 0.514. The first-order valence-corrected chi connectivity index (χ1v) is 7.45. The standard InChI is InChI=1S/C19H15N3O/c20-16-10-8-14(9-11-16)19-21-18(22-23-19)12-15-6-3-5-13-4-1-2-7-17(13)15/h1-11H,12,20H2. The van der Waals surface area contributed by atoms with Gasteiger partial charge in [-0.2, -0.15) is 4.98 Å². The zero-order valence-corrected chi connectivity index (χ0v) is 12.4. The molecule has 0 aliphatic carbocycles. The van der Waals surface area contributed by atoms with Crippen molar-refractivity contribution in [3.05, 3.63) is 78.1 Å². The van der Waals surface area contributed by atoms with E-state index in [1.54, 1.807) is 0 Å². The summed E-state index contributed by atoms with van der Waals surface area (Å²) in [6.45, 7) is 0. The minimum Gasteiger partial charge on any atom is -0.399 e. The molecule has 4 heteroatoms. The first-order chi connectivity index (χ1) is 11.3. The first kappa shape index (κ1) is 13.5. The molecule has 1 aromatic heterocycles. The largest absolute Gasteiger partial charge is 0.399 e. The van der Waals surface area contributed by atoms with Gasteiger partial charge in [-0.25, -0.2) is 0 Å². The summed E-state index contributed by atoms with van der Waals surface area (Å²) in [7, 11) is 0. The third-order valence-electron chi connectivity index (χ3n) is 3.85. The number of rotatable bonds is 3. The van der Waals surface area contributed by atoms with E-state index in [0.29, 0.717) is 23.8 Å². The average Bonchev–Trinajstić information content (AvgIpc) is 3.04. The van der Waals surface area contributed by atoms with Crippen molar-refractivity contribution < 1.29 is 4.52 Å². The van der Waals surface area contributed by atoms with E-state index in [1.165, 1.54) is 16.3 Å². The van der Waals surface area contributed by atoms with Crippen molar-refractivity contribution in [1.82, 2.24) is 10.1 Å². The van der Waals surface area contributed by atoms with E-state index in [0.717, 1.165) is 5.56 Å². The Balaban J connectivity index is 1.66. The number of benzene rings is 3. The molecule has 0 aliphatic heterocycles. The molecule has 0 saturated carbocycles. The van der Waals surface area contributed by atoms with Crippen molar-refractivity contribution in [2.24, 2.45) is 0 Å². The molecule has 0 aliphatic rings. The summed E-state index contributed by atoms with van der Waals surface area (Å²) >= 11 is 0. The Kier molecular flexibility index (Phi) is 3.27. The normalized spacial score (nSPS) is 11.0. The number of aromatic nitrogens is 2. The van der Waals surface area contributed by atoms with Crippen LogP contribution >= 0.6 is 0 Å².